The van der Waals surface area contributed by atoms with E-state index < -0.39 is 11.7 Å². The molecule has 8 heteroatoms. The van der Waals surface area contributed by atoms with Crippen LogP contribution in [0.3, 0.4) is 0 Å². The maximum Gasteiger partial charge on any atom is 0.410 e. The molecule has 1 aromatic carbocycles. The van der Waals surface area contributed by atoms with Crippen molar-refractivity contribution in [2.75, 3.05) is 5.32 Å². The minimum atomic E-state index is -0.622. The number of rotatable bonds is 2. The molecular formula is C19H22N4O4. The Balaban J connectivity index is 1.85. The molecule has 27 heavy (non-hydrogen) atoms. The van der Waals surface area contributed by atoms with Crippen LogP contribution in [0.15, 0.2) is 30.3 Å². The van der Waals surface area contributed by atoms with E-state index in [2.05, 4.69) is 10.4 Å². The molecule has 2 heterocycles. The Morgan fingerprint density at radius 2 is 1.78 bits per heavy atom. The van der Waals surface area contributed by atoms with Crippen LogP contribution in [0.5, 0.6) is 0 Å². The summed E-state index contributed by atoms with van der Waals surface area (Å²) in [6, 6.07) is 8.71. The molecule has 2 amide bonds. The van der Waals surface area contributed by atoms with Crippen molar-refractivity contribution in [3.63, 3.8) is 0 Å². The molecule has 8 nitrogen and oxygen atoms in total. The monoisotopic (exact) mass is 370 g/mol. The van der Waals surface area contributed by atoms with Gasteiger partial charge in [-0.2, -0.15) is 0 Å². The van der Waals surface area contributed by atoms with Crippen LogP contribution in [0.1, 0.15) is 54.1 Å². The van der Waals surface area contributed by atoms with Crippen molar-refractivity contribution < 1.29 is 19.1 Å². The summed E-state index contributed by atoms with van der Waals surface area (Å²) in [4.78, 5) is 38.2. The SMILES string of the molecule is CC(=O)n1nc(NC(=O)c2ccccc2)c2c1CN(C(=O)OC(C)(C)C)C2. The Bertz CT molecular complexity index is 896. The first-order chi connectivity index (χ1) is 12.7. The van der Waals surface area contributed by atoms with Crippen molar-refractivity contribution in [2.24, 2.45) is 0 Å². The van der Waals surface area contributed by atoms with Gasteiger partial charge in [-0.1, -0.05) is 18.2 Å². The van der Waals surface area contributed by atoms with Crippen molar-refractivity contribution in [3.05, 3.63) is 47.2 Å². The van der Waals surface area contributed by atoms with Gasteiger partial charge in [-0.25, -0.2) is 9.48 Å². The number of aromatic nitrogens is 2. The number of carbonyl (C=O) groups excluding carboxylic acids is 3. The molecule has 0 aliphatic carbocycles. The minimum Gasteiger partial charge on any atom is -0.444 e. The van der Waals surface area contributed by atoms with Crippen LogP contribution in [0.25, 0.3) is 0 Å². The summed E-state index contributed by atoms with van der Waals surface area (Å²) in [6.45, 7) is 7.15. The number of amides is 2. The van der Waals surface area contributed by atoms with Crippen LogP contribution < -0.4 is 5.32 Å². The number of nitrogens with zero attached hydrogens (tertiary/aromatic N) is 3. The Morgan fingerprint density at radius 3 is 2.37 bits per heavy atom. The first kappa shape index (κ1) is 18.6. The van der Waals surface area contributed by atoms with Crippen LogP contribution in [0, 0.1) is 0 Å². The Kier molecular flexibility index (Phi) is 4.73. The molecule has 0 saturated heterocycles. The minimum absolute atomic E-state index is 0.192. The van der Waals surface area contributed by atoms with Gasteiger partial charge in [-0.05, 0) is 32.9 Å². The Morgan fingerprint density at radius 1 is 1.11 bits per heavy atom. The third-order valence-corrected chi connectivity index (χ3v) is 4.00. The zero-order valence-electron chi connectivity index (χ0n) is 15.8. The highest BCUT2D eigenvalue weighted by Crippen LogP contribution is 2.30. The van der Waals surface area contributed by atoms with Gasteiger partial charge < -0.3 is 10.1 Å². The third-order valence-electron chi connectivity index (χ3n) is 4.00. The number of anilines is 1. The van der Waals surface area contributed by atoms with Crippen LogP contribution in [-0.2, 0) is 17.8 Å². The van der Waals surface area contributed by atoms with Gasteiger partial charge in [0.15, 0.2) is 5.82 Å². The number of benzene rings is 1. The summed E-state index contributed by atoms with van der Waals surface area (Å²) in [5.41, 5.74) is 1.07. The average molecular weight is 370 g/mol. The zero-order valence-corrected chi connectivity index (χ0v) is 15.8. The number of hydrogen-bond acceptors (Lipinski definition) is 5. The van der Waals surface area contributed by atoms with E-state index in [1.165, 1.54) is 16.5 Å². The molecule has 142 valence electrons. The van der Waals surface area contributed by atoms with Gasteiger partial charge in [0.25, 0.3) is 5.91 Å². The molecule has 0 bridgehead atoms. The fourth-order valence-corrected chi connectivity index (χ4v) is 2.83. The van der Waals surface area contributed by atoms with Crippen molar-refractivity contribution >= 4 is 23.7 Å². The van der Waals surface area contributed by atoms with Gasteiger partial charge in [0, 0.05) is 18.1 Å². The molecular weight excluding hydrogens is 348 g/mol. The van der Waals surface area contributed by atoms with E-state index in [4.69, 9.17) is 4.74 Å². The quantitative estimate of drug-likeness (QED) is 0.877. The lowest BCUT2D eigenvalue weighted by Crippen LogP contribution is -2.34. The normalized spacial score (nSPS) is 13.3. The van der Waals surface area contributed by atoms with E-state index in [1.807, 2.05) is 6.07 Å². The predicted octanol–water partition coefficient (Wildman–Crippen LogP) is 3.05. The highest BCUT2D eigenvalue weighted by Gasteiger charge is 2.34. The summed E-state index contributed by atoms with van der Waals surface area (Å²) in [5.74, 6) is -0.347. The molecule has 0 radical (unpaired) electrons. The van der Waals surface area contributed by atoms with Crippen molar-refractivity contribution in [1.82, 2.24) is 14.7 Å². The zero-order chi connectivity index (χ0) is 19.8. The molecule has 3 rings (SSSR count). The molecule has 0 fully saturated rings. The highest BCUT2D eigenvalue weighted by atomic mass is 16.6. The molecule has 0 spiro atoms. The maximum absolute atomic E-state index is 12.4. The first-order valence-corrected chi connectivity index (χ1v) is 8.62. The van der Waals surface area contributed by atoms with E-state index in [-0.39, 0.29) is 30.7 Å². The fraction of sp³-hybridized carbons (Fsp3) is 0.368. The Labute approximate surface area is 157 Å². The van der Waals surface area contributed by atoms with Gasteiger partial charge in [-0.15, -0.1) is 5.10 Å². The predicted molar refractivity (Wildman–Crippen MR) is 98.4 cm³/mol. The van der Waals surface area contributed by atoms with Gasteiger partial charge in [0.05, 0.1) is 18.8 Å². The van der Waals surface area contributed by atoms with Gasteiger partial charge in [0.2, 0.25) is 5.91 Å². The summed E-state index contributed by atoms with van der Waals surface area (Å²) >= 11 is 0. The first-order valence-electron chi connectivity index (χ1n) is 8.62. The number of ether oxygens (including phenoxy) is 1. The summed E-state index contributed by atoms with van der Waals surface area (Å²) in [7, 11) is 0. The van der Waals surface area contributed by atoms with Gasteiger partial charge in [0.1, 0.15) is 5.60 Å². The second-order valence-electron chi connectivity index (χ2n) is 7.36. The van der Waals surface area contributed by atoms with Crippen LogP contribution >= 0.6 is 0 Å². The lowest BCUT2D eigenvalue weighted by atomic mass is 10.2. The maximum atomic E-state index is 12.4. The smallest absolute Gasteiger partial charge is 0.410 e. The third kappa shape index (κ3) is 3.99. The van der Waals surface area contributed by atoms with E-state index in [9.17, 15) is 14.4 Å². The van der Waals surface area contributed by atoms with Crippen molar-refractivity contribution in [1.29, 1.82) is 0 Å². The molecule has 1 N–H and O–H groups in total. The molecule has 0 atom stereocenters. The molecule has 1 aliphatic rings. The van der Waals surface area contributed by atoms with E-state index in [0.717, 1.165) is 0 Å². The summed E-state index contributed by atoms with van der Waals surface area (Å²) < 4.78 is 6.62. The van der Waals surface area contributed by atoms with E-state index in [0.29, 0.717) is 16.8 Å². The topological polar surface area (TPSA) is 93.5 Å². The van der Waals surface area contributed by atoms with Gasteiger partial charge >= 0.3 is 6.09 Å². The van der Waals surface area contributed by atoms with Crippen molar-refractivity contribution in [2.45, 2.75) is 46.4 Å². The average Bonchev–Trinajstić information content (AvgIpc) is 3.14. The largest absolute Gasteiger partial charge is 0.444 e. The molecule has 0 saturated carbocycles. The summed E-state index contributed by atoms with van der Waals surface area (Å²) in [5, 5.41) is 6.96. The lowest BCUT2D eigenvalue weighted by Gasteiger charge is -2.24. The summed E-state index contributed by atoms with van der Waals surface area (Å²) in [6.07, 6.45) is -0.478. The van der Waals surface area contributed by atoms with Crippen LogP contribution in [-0.4, -0.2) is 38.2 Å². The lowest BCUT2D eigenvalue weighted by molar-refractivity contribution is 0.0237. The Hall–Kier alpha value is -3.16. The molecule has 1 aliphatic heterocycles. The second-order valence-corrected chi connectivity index (χ2v) is 7.36. The van der Waals surface area contributed by atoms with Crippen molar-refractivity contribution in [3.8, 4) is 0 Å². The molecule has 2 aromatic rings. The van der Waals surface area contributed by atoms with E-state index in [1.54, 1.807) is 45.0 Å². The van der Waals surface area contributed by atoms with Crippen LogP contribution in [0.4, 0.5) is 10.6 Å². The van der Waals surface area contributed by atoms with Crippen LogP contribution in [0.2, 0.25) is 0 Å². The molecule has 0 unspecified atom stereocenters. The number of nitrogens with one attached hydrogen (secondary N) is 1. The highest BCUT2D eigenvalue weighted by molar-refractivity contribution is 6.04. The number of fused-ring (bicyclic) bond motifs is 1. The second kappa shape index (κ2) is 6.86. The standard InChI is InChI=1S/C19H22N4O4/c1-12(24)23-15-11-22(18(26)27-19(2,3)4)10-14(15)16(21-23)20-17(25)13-8-6-5-7-9-13/h5-9H,10-11H2,1-4H3,(H,20,21,25). The fourth-order valence-electron chi connectivity index (χ4n) is 2.83. The van der Waals surface area contributed by atoms with E-state index >= 15 is 0 Å². The number of carbonyl (C=O) groups is 3. The van der Waals surface area contributed by atoms with Gasteiger partial charge in [-0.3, -0.25) is 14.5 Å². The molecule has 1 aromatic heterocycles. The number of hydrogen-bond donors (Lipinski definition) is 1.